The van der Waals surface area contributed by atoms with Gasteiger partial charge >= 0.3 is 0 Å². The molecule has 4 heterocycles. The zero-order chi connectivity index (χ0) is 26.9. The van der Waals surface area contributed by atoms with Gasteiger partial charge in [-0.1, -0.05) is 43.3 Å². The molecule has 1 unspecified atom stereocenters. The zero-order valence-electron chi connectivity index (χ0n) is 22.2. The molecule has 0 bridgehead atoms. The normalized spacial score (nSPS) is 19.9. The van der Waals surface area contributed by atoms with E-state index in [0.29, 0.717) is 23.5 Å². The molecule has 2 aromatic heterocycles. The van der Waals surface area contributed by atoms with Gasteiger partial charge in [-0.15, -0.1) is 0 Å². The number of hydrogen-bond acceptors (Lipinski definition) is 7. The molecule has 2 aliphatic rings. The Labute approximate surface area is 225 Å². The Balaban J connectivity index is 1.31. The van der Waals surface area contributed by atoms with E-state index in [4.69, 9.17) is 0 Å². The van der Waals surface area contributed by atoms with Crippen LogP contribution in [0.2, 0.25) is 0 Å². The first-order chi connectivity index (χ1) is 18.2. The number of nitrogens with zero attached hydrogens (tertiary/aromatic N) is 4. The van der Waals surface area contributed by atoms with Crippen LogP contribution in [0.3, 0.4) is 0 Å². The molecule has 2 fully saturated rings. The molecule has 0 spiro atoms. The summed E-state index contributed by atoms with van der Waals surface area (Å²) in [5, 5.41) is -0.172. The molecule has 2 saturated heterocycles. The first-order valence-corrected chi connectivity index (χ1v) is 14.7. The fourth-order valence-electron chi connectivity index (χ4n) is 5.52. The number of benzene rings is 1. The first kappa shape index (κ1) is 26.2. The maximum absolute atomic E-state index is 13.3. The van der Waals surface area contributed by atoms with Crippen LogP contribution in [-0.4, -0.2) is 49.5 Å². The fourth-order valence-corrected chi connectivity index (χ4v) is 6.45. The Hall–Kier alpha value is -3.46. The van der Waals surface area contributed by atoms with Gasteiger partial charge < -0.3 is 9.80 Å². The lowest BCUT2D eigenvalue weighted by Crippen LogP contribution is -2.43. The number of carbonyl (C=O) groups is 1. The Morgan fingerprint density at radius 1 is 0.947 bits per heavy atom. The molecule has 1 atom stereocenters. The number of pyridine rings is 2. The number of anilines is 2. The summed E-state index contributed by atoms with van der Waals surface area (Å²) in [6, 6.07) is 18.7. The summed E-state index contributed by atoms with van der Waals surface area (Å²) in [5.74, 6) is 1.28. The predicted molar refractivity (Wildman–Crippen MR) is 149 cm³/mol. The van der Waals surface area contributed by atoms with E-state index in [1.165, 1.54) is 11.6 Å². The molecule has 3 aromatic rings. The van der Waals surface area contributed by atoms with Gasteiger partial charge in [0.15, 0.2) is 5.03 Å². The van der Waals surface area contributed by atoms with Crippen LogP contribution in [-0.2, 0) is 10.0 Å². The van der Waals surface area contributed by atoms with E-state index in [-0.39, 0.29) is 16.1 Å². The van der Waals surface area contributed by atoms with Gasteiger partial charge in [0.1, 0.15) is 11.6 Å². The van der Waals surface area contributed by atoms with E-state index in [2.05, 4.69) is 69.5 Å². The zero-order valence-corrected chi connectivity index (χ0v) is 23.0. The average molecular weight is 534 g/mol. The van der Waals surface area contributed by atoms with Crippen molar-refractivity contribution in [1.82, 2.24) is 14.7 Å². The molecule has 8 nitrogen and oxygen atoms in total. The number of aromatic nitrogens is 2. The third-order valence-electron chi connectivity index (χ3n) is 8.28. The van der Waals surface area contributed by atoms with Crippen molar-refractivity contribution in [1.29, 1.82) is 0 Å². The van der Waals surface area contributed by atoms with Crippen molar-refractivity contribution in [3.8, 4) is 0 Å². The first-order valence-electron chi connectivity index (χ1n) is 13.2. The van der Waals surface area contributed by atoms with Crippen LogP contribution in [0, 0.1) is 5.92 Å². The fraction of sp³-hybridized carbons (Fsp3) is 0.414. The Bertz CT molecular complexity index is 1400. The number of amides is 1. The predicted octanol–water partition coefficient (Wildman–Crippen LogP) is 4.60. The van der Waals surface area contributed by atoms with Crippen molar-refractivity contribution < 1.29 is 13.2 Å². The van der Waals surface area contributed by atoms with Gasteiger partial charge in [-0.2, -0.15) is 8.42 Å². The van der Waals surface area contributed by atoms with Crippen LogP contribution in [0.1, 0.15) is 61.9 Å². The third-order valence-corrected chi connectivity index (χ3v) is 9.51. The van der Waals surface area contributed by atoms with Crippen LogP contribution in [0.5, 0.6) is 0 Å². The van der Waals surface area contributed by atoms with Crippen molar-refractivity contribution >= 4 is 27.6 Å². The van der Waals surface area contributed by atoms with Gasteiger partial charge in [-0.05, 0) is 74.8 Å². The molecule has 0 aliphatic carbocycles. The van der Waals surface area contributed by atoms with Crippen LogP contribution >= 0.6 is 0 Å². The van der Waals surface area contributed by atoms with Gasteiger partial charge in [0, 0.05) is 31.4 Å². The van der Waals surface area contributed by atoms with Crippen molar-refractivity contribution in [3.05, 3.63) is 78.0 Å². The third kappa shape index (κ3) is 5.12. The number of sulfonamides is 1. The minimum atomic E-state index is -4.19. The maximum atomic E-state index is 13.3. The highest BCUT2D eigenvalue weighted by molar-refractivity contribution is 7.90. The Kier molecular flexibility index (Phi) is 7.13. The monoisotopic (exact) mass is 533 g/mol. The summed E-state index contributed by atoms with van der Waals surface area (Å²) in [4.78, 5) is 26.4. The van der Waals surface area contributed by atoms with E-state index in [1.807, 2.05) is 12.1 Å². The van der Waals surface area contributed by atoms with Crippen molar-refractivity contribution in [2.24, 2.45) is 5.92 Å². The van der Waals surface area contributed by atoms with Gasteiger partial charge in [-0.3, -0.25) is 4.79 Å². The van der Waals surface area contributed by atoms with E-state index < -0.39 is 15.9 Å². The summed E-state index contributed by atoms with van der Waals surface area (Å²) in [6.07, 6.45) is 4.54. The second kappa shape index (κ2) is 10.4. The van der Waals surface area contributed by atoms with Crippen LogP contribution in [0.4, 0.5) is 11.6 Å². The van der Waals surface area contributed by atoms with Crippen LogP contribution in [0.25, 0.3) is 0 Å². The molecule has 0 radical (unpaired) electrons. The Morgan fingerprint density at radius 2 is 1.68 bits per heavy atom. The lowest BCUT2D eigenvalue weighted by molar-refractivity contribution is 0.0981. The number of carbonyl (C=O) groups excluding carboxylic acids is 1. The molecule has 1 N–H and O–H groups in total. The summed E-state index contributed by atoms with van der Waals surface area (Å²) in [6.45, 7) is 8.74. The van der Waals surface area contributed by atoms with Crippen molar-refractivity contribution in [2.45, 2.75) is 56.5 Å². The lowest BCUT2D eigenvalue weighted by atomic mass is 9.89. The summed E-state index contributed by atoms with van der Waals surface area (Å²) in [5.41, 5.74) is 1.37. The van der Waals surface area contributed by atoms with E-state index in [1.54, 1.807) is 24.4 Å². The van der Waals surface area contributed by atoms with E-state index in [0.717, 1.165) is 38.9 Å². The van der Waals surface area contributed by atoms with Crippen LogP contribution in [0.15, 0.2) is 71.9 Å². The Morgan fingerprint density at radius 3 is 2.37 bits per heavy atom. The smallest absolute Gasteiger partial charge is 0.281 e. The number of rotatable bonds is 6. The minimum Gasteiger partial charge on any atom is -0.357 e. The molecular formula is C29H35N5O3S. The molecule has 38 heavy (non-hydrogen) atoms. The maximum Gasteiger partial charge on any atom is 0.281 e. The second-order valence-electron chi connectivity index (χ2n) is 10.8. The SMILES string of the molecule is CC1CCN(c2ncccc2C(=O)NS(=O)(=O)c2cccc(N3CCC(c4ccccc4)CC3)n2)C1(C)C. The van der Waals surface area contributed by atoms with Crippen molar-refractivity contribution in [3.63, 3.8) is 0 Å². The van der Waals surface area contributed by atoms with Crippen molar-refractivity contribution in [2.75, 3.05) is 29.4 Å². The van der Waals surface area contributed by atoms with Crippen LogP contribution < -0.4 is 14.5 Å². The summed E-state index contributed by atoms with van der Waals surface area (Å²) in [7, 11) is -4.19. The highest BCUT2D eigenvalue weighted by atomic mass is 32.2. The highest BCUT2D eigenvalue weighted by Crippen LogP contribution is 2.38. The molecule has 1 aromatic carbocycles. The molecule has 0 saturated carbocycles. The van der Waals surface area contributed by atoms with Gasteiger partial charge in [0.25, 0.3) is 15.9 Å². The summed E-state index contributed by atoms with van der Waals surface area (Å²) < 4.78 is 28.7. The molecule has 9 heteroatoms. The largest absolute Gasteiger partial charge is 0.357 e. The highest BCUT2D eigenvalue weighted by Gasteiger charge is 2.40. The quantitative estimate of drug-likeness (QED) is 0.495. The molecule has 200 valence electrons. The number of hydrogen-bond donors (Lipinski definition) is 1. The van der Waals surface area contributed by atoms with Gasteiger partial charge in [0.2, 0.25) is 0 Å². The second-order valence-corrected chi connectivity index (χ2v) is 12.4. The lowest BCUT2D eigenvalue weighted by Gasteiger charge is -2.36. The van der Waals surface area contributed by atoms with E-state index in [9.17, 15) is 13.2 Å². The number of nitrogens with one attached hydrogen (secondary N) is 1. The molecule has 5 rings (SSSR count). The standard InChI is InChI=1S/C29H35N5O3S/c1-21-14-20-34(29(21,2)3)27-24(11-8-17-30-27)28(35)32-38(36,37)26-13-7-12-25(31-26)33-18-15-23(16-19-33)22-9-5-4-6-10-22/h4-13,17,21,23H,14-16,18-20H2,1-3H3,(H,32,35). The topological polar surface area (TPSA) is 95.5 Å². The van der Waals surface area contributed by atoms with Gasteiger partial charge in [0.05, 0.1) is 5.56 Å². The number of piperidine rings is 1. The minimum absolute atomic E-state index is 0.172. The molecule has 2 aliphatic heterocycles. The summed E-state index contributed by atoms with van der Waals surface area (Å²) >= 11 is 0. The average Bonchev–Trinajstić information content (AvgIpc) is 3.20. The molecule has 1 amide bonds. The van der Waals surface area contributed by atoms with E-state index >= 15 is 0 Å². The van der Waals surface area contributed by atoms with Gasteiger partial charge in [-0.25, -0.2) is 14.7 Å². The molecular weight excluding hydrogens is 498 g/mol.